The van der Waals surface area contributed by atoms with Gasteiger partial charge in [0.05, 0.1) is 10.8 Å². The van der Waals surface area contributed by atoms with E-state index >= 15 is 0 Å². The number of benzene rings is 1. The first-order valence-corrected chi connectivity index (χ1v) is 7.01. The van der Waals surface area contributed by atoms with Crippen LogP contribution >= 0.6 is 15.9 Å². The third-order valence-corrected chi connectivity index (χ3v) is 4.22. The molecule has 4 heteroatoms. The molecule has 2 atom stereocenters. The molecule has 2 nitrogen and oxygen atoms in total. The zero-order valence-electron chi connectivity index (χ0n) is 8.94. The molecule has 0 heterocycles. The Hall–Kier alpha value is -0.190. The van der Waals surface area contributed by atoms with E-state index in [1.54, 1.807) is 0 Å². The summed E-state index contributed by atoms with van der Waals surface area (Å²) in [6.07, 6.45) is 0. The molecule has 0 aromatic heterocycles. The van der Waals surface area contributed by atoms with Gasteiger partial charge in [0.2, 0.25) is 0 Å². The number of rotatable bonds is 4. The molecule has 2 N–H and O–H groups in total. The molecule has 84 valence electrons. The minimum absolute atomic E-state index is 0.00943. The first kappa shape index (κ1) is 12.9. The lowest BCUT2D eigenvalue weighted by atomic mass is 10.1. The highest BCUT2D eigenvalue weighted by Gasteiger charge is 2.13. The Kier molecular flexibility index (Phi) is 4.96. The van der Waals surface area contributed by atoms with Crippen LogP contribution in [-0.2, 0) is 10.8 Å². The molecule has 0 aliphatic rings. The lowest BCUT2D eigenvalue weighted by Crippen LogP contribution is -2.32. The summed E-state index contributed by atoms with van der Waals surface area (Å²) < 4.78 is 12.9. The van der Waals surface area contributed by atoms with Crippen LogP contribution in [-0.4, -0.2) is 16.0 Å². The predicted octanol–water partition coefficient (Wildman–Crippen LogP) is 2.54. The zero-order chi connectivity index (χ0) is 11.4. The first-order valence-electron chi connectivity index (χ1n) is 4.90. The molecule has 0 aliphatic carbocycles. The van der Waals surface area contributed by atoms with Crippen LogP contribution in [0, 0.1) is 5.92 Å². The molecule has 0 fully saturated rings. The Morgan fingerprint density at radius 1 is 1.47 bits per heavy atom. The summed E-state index contributed by atoms with van der Waals surface area (Å²) >= 11 is 3.36. The predicted molar refractivity (Wildman–Crippen MR) is 68.2 cm³/mol. The van der Waals surface area contributed by atoms with Crippen molar-refractivity contribution in [3.63, 3.8) is 0 Å². The van der Waals surface area contributed by atoms with Gasteiger partial charge in [0, 0.05) is 21.2 Å². The van der Waals surface area contributed by atoms with Crippen molar-refractivity contribution >= 4 is 26.7 Å². The van der Waals surface area contributed by atoms with Gasteiger partial charge >= 0.3 is 0 Å². The maximum atomic E-state index is 11.9. The highest BCUT2D eigenvalue weighted by Crippen LogP contribution is 2.16. The largest absolute Gasteiger partial charge is 0.327 e. The summed E-state index contributed by atoms with van der Waals surface area (Å²) in [5.41, 5.74) is 5.89. The van der Waals surface area contributed by atoms with Crippen molar-refractivity contribution in [2.75, 3.05) is 5.75 Å². The van der Waals surface area contributed by atoms with Gasteiger partial charge in [0.15, 0.2) is 0 Å². The van der Waals surface area contributed by atoms with E-state index in [-0.39, 0.29) is 6.04 Å². The second kappa shape index (κ2) is 5.77. The van der Waals surface area contributed by atoms with Gasteiger partial charge in [-0.15, -0.1) is 0 Å². The number of halogens is 1. The Morgan fingerprint density at radius 2 is 2.13 bits per heavy atom. The van der Waals surface area contributed by atoms with Crippen LogP contribution in [0.2, 0.25) is 0 Å². The third kappa shape index (κ3) is 4.05. The third-order valence-electron chi connectivity index (χ3n) is 2.26. The van der Waals surface area contributed by atoms with Crippen LogP contribution in [0.1, 0.15) is 13.8 Å². The van der Waals surface area contributed by atoms with E-state index in [4.69, 9.17) is 5.73 Å². The van der Waals surface area contributed by atoms with Gasteiger partial charge in [-0.25, -0.2) is 0 Å². The Morgan fingerprint density at radius 3 is 2.67 bits per heavy atom. The summed E-state index contributed by atoms with van der Waals surface area (Å²) in [6, 6.07) is 7.54. The minimum Gasteiger partial charge on any atom is -0.327 e. The fourth-order valence-electron chi connectivity index (χ4n) is 1.07. The molecule has 1 aromatic rings. The number of hydrogen-bond acceptors (Lipinski definition) is 2. The molecule has 1 aromatic carbocycles. The van der Waals surface area contributed by atoms with Crippen LogP contribution in [0.15, 0.2) is 33.6 Å². The van der Waals surface area contributed by atoms with E-state index in [0.29, 0.717) is 11.7 Å². The molecule has 15 heavy (non-hydrogen) atoms. The summed E-state index contributed by atoms with van der Waals surface area (Å²) in [7, 11) is -0.999. The zero-order valence-corrected chi connectivity index (χ0v) is 11.3. The second-order valence-corrected chi connectivity index (χ2v) is 6.29. The number of hydrogen-bond donors (Lipinski definition) is 1. The van der Waals surface area contributed by atoms with Crippen LogP contribution in [0.25, 0.3) is 0 Å². The summed E-state index contributed by atoms with van der Waals surface area (Å²) in [5.74, 6) is 0.884. The maximum Gasteiger partial charge on any atom is 0.0545 e. The molecule has 2 unspecified atom stereocenters. The maximum absolute atomic E-state index is 11.9. The fraction of sp³-hybridized carbons (Fsp3) is 0.455. The molecule has 0 bridgehead atoms. The van der Waals surface area contributed by atoms with Gasteiger partial charge in [-0.1, -0.05) is 35.8 Å². The van der Waals surface area contributed by atoms with Gasteiger partial charge in [-0.2, -0.15) is 0 Å². The lowest BCUT2D eigenvalue weighted by Gasteiger charge is -2.14. The van der Waals surface area contributed by atoms with Crippen molar-refractivity contribution in [1.29, 1.82) is 0 Å². The van der Waals surface area contributed by atoms with Crippen molar-refractivity contribution in [1.82, 2.24) is 0 Å². The molecular formula is C11H16BrNOS. The molecular weight excluding hydrogens is 274 g/mol. The molecule has 0 saturated carbocycles. The molecule has 1 rings (SSSR count). The van der Waals surface area contributed by atoms with Crippen LogP contribution in [0.4, 0.5) is 0 Å². The molecule has 0 saturated heterocycles. The molecule has 0 radical (unpaired) electrons. The quantitative estimate of drug-likeness (QED) is 0.926. The Bertz CT molecular complexity index is 354. The summed E-state index contributed by atoms with van der Waals surface area (Å²) in [4.78, 5) is 0.834. The van der Waals surface area contributed by atoms with Gasteiger partial charge in [0.25, 0.3) is 0 Å². The van der Waals surface area contributed by atoms with E-state index < -0.39 is 10.8 Å². The Balaban J connectivity index is 2.69. The van der Waals surface area contributed by atoms with Gasteiger partial charge in [0.1, 0.15) is 0 Å². The van der Waals surface area contributed by atoms with Crippen molar-refractivity contribution in [2.24, 2.45) is 11.7 Å². The van der Waals surface area contributed by atoms with E-state index in [9.17, 15) is 4.21 Å². The first-order chi connectivity index (χ1) is 7.00. The Labute approximate surface area is 102 Å². The van der Waals surface area contributed by atoms with Crippen molar-refractivity contribution < 1.29 is 4.21 Å². The van der Waals surface area contributed by atoms with E-state index in [2.05, 4.69) is 15.9 Å². The van der Waals surface area contributed by atoms with E-state index in [1.807, 2.05) is 38.1 Å². The SMILES string of the molecule is CC(C)C(N)CS(=O)c1cccc(Br)c1. The van der Waals surface area contributed by atoms with Crippen molar-refractivity contribution in [3.8, 4) is 0 Å². The van der Waals surface area contributed by atoms with E-state index in [0.717, 1.165) is 9.37 Å². The summed E-state index contributed by atoms with van der Waals surface area (Å²) in [6.45, 7) is 4.09. The van der Waals surface area contributed by atoms with Gasteiger partial charge in [-0.3, -0.25) is 4.21 Å². The normalized spacial score (nSPS) is 15.3. The molecule has 0 spiro atoms. The topological polar surface area (TPSA) is 43.1 Å². The highest BCUT2D eigenvalue weighted by molar-refractivity contribution is 9.10. The smallest absolute Gasteiger partial charge is 0.0545 e. The van der Waals surface area contributed by atoms with Crippen molar-refractivity contribution in [3.05, 3.63) is 28.7 Å². The van der Waals surface area contributed by atoms with Gasteiger partial charge < -0.3 is 5.73 Å². The van der Waals surface area contributed by atoms with Crippen LogP contribution in [0.5, 0.6) is 0 Å². The second-order valence-electron chi connectivity index (χ2n) is 3.88. The monoisotopic (exact) mass is 289 g/mol. The average Bonchev–Trinajstić information content (AvgIpc) is 2.17. The standard InChI is InChI=1S/C11H16BrNOS/c1-8(2)11(13)7-15(14)10-5-3-4-9(12)6-10/h3-6,8,11H,7,13H2,1-2H3. The highest BCUT2D eigenvalue weighted by atomic mass is 79.9. The van der Waals surface area contributed by atoms with Crippen LogP contribution in [0.3, 0.4) is 0 Å². The van der Waals surface area contributed by atoms with Crippen LogP contribution < -0.4 is 5.73 Å². The summed E-state index contributed by atoms with van der Waals surface area (Å²) in [5, 5.41) is 0. The van der Waals surface area contributed by atoms with E-state index in [1.165, 1.54) is 0 Å². The molecule has 0 amide bonds. The van der Waals surface area contributed by atoms with Crippen molar-refractivity contribution in [2.45, 2.75) is 24.8 Å². The fourth-order valence-corrected chi connectivity index (χ4v) is 3.04. The minimum atomic E-state index is -0.999. The van der Waals surface area contributed by atoms with Gasteiger partial charge in [-0.05, 0) is 24.1 Å². The molecule has 0 aliphatic heterocycles. The lowest BCUT2D eigenvalue weighted by molar-refractivity contribution is 0.530. The number of nitrogens with two attached hydrogens (primary N) is 1. The average molecular weight is 290 g/mol.